The van der Waals surface area contributed by atoms with Gasteiger partial charge in [0.25, 0.3) is 0 Å². The van der Waals surface area contributed by atoms with Crippen LogP contribution in [0.4, 0.5) is 4.79 Å². The number of imidazole rings is 1. The van der Waals surface area contributed by atoms with Gasteiger partial charge in [-0.25, -0.2) is 9.78 Å². The van der Waals surface area contributed by atoms with E-state index in [9.17, 15) is 4.79 Å². The number of amides is 1. The molecule has 0 saturated carbocycles. The van der Waals surface area contributed by atoms with E-state index >= 15 is 0 Å². The van der Waals surface area contributed by atoms with Crippen molar-refractivity contribution in [3.63, 3.8) is 0 Å². The van der Waals surface area contributed by atoms with Gasteiger partial charge in [-0.05, 0) is 46.1 Å². The first-order chi connectivity index (χ1) is 13.2. The molecule has 3 heterocycles. The monoisotopic (exact) mass is 451 g/mol. The summed E-state index contributed by atoms with van der Waals surface area (Å²) in [5.74, 6) is 0.810. The Bertz CT molecular complexity index is 855. The molecule has 4 rings (SSSR count). The van der Waals surface area contributed by atoms with Gasteiger partial charge in [0.1, 0.15) is 11.4 Å². The van der Waals surface area contributed by atoms with Crippen molar-refractivity contribution in [3.05, 3.63) is 41.9 Å². The Morgan fingerprint density at radius 1 is 1.27 bits per heavy atom. The molecule has 2 saturated heterocycles. The third kappa shape index (κ3) is 5.15. The topological polar surface area (TPSA) is 67.4 Å². The maximum Gasteiger partial charge on any atom is 0.410 e. The van der Waals surface area contributed by atoms with Crippen LogP contribution in [0.15, 0.2) is 30.5 Å². The Hall–Kier alpha value is -1.64. The number of carbonyl (C=O) groups is 1. The fraction of sp³-hybridized carbons (Fsp3) is 0.545. The number of nitrogens with one attached hydrogen (secondary N) is 1. The van der Waals surface area contributed by atoms with Crippen LogP contribution in [0.3, 0.4) is 0 Å². The van der Waals surface area contributed by atoms with Crippen LogP contribution >= 0.6 is 27.0 Å². The van der Waals surface area contributed by atoms with E-state index in [2.05, 4.69) is 41.2 Å². The molecule has 2 aliphatic rings. The molecule has 0 radical (unpaired) electrons. The van der Waals surface area contributed by atoms with E-state index < -0.39 is 5.60 Å². The zero-order valence-corrected chi connectivity index (χ0v) is 20.1. The normalized spacial score (nSPS) is 23.2. The molecule has 30 heavy (non-hydrogen) atoms. The SMILES string of the molecule is Cc1ccc(-c2cnc([C@@H]3C[C@]4(CCOC4)CN3C(=O)OC(C)(C)C)[nH]2)cc1.S.S. The molecular formula is C22H33N3O3S2. The van der Waals surface area contributed by atoms with Crippen LogP contribution in [0, 0.1) is 12.3 Å². The first kappa shape index (κ1) is 24.6. The molecule has 8 heteroatoms. The lowest BCUT2D eigenvalue weighted by molar-refractivity contribution is 0.0201. The van der Waals surface area contributed by atoms with Gasteiger partial charge in [0.15, 0.2) is 0 Å². The highest BCUT2D eigenvalue weighted by atomic mass is 32.1. The van der Waals surface area contributed by atoms with E-state index in [0.717, 1.165) is 36.5 Å². The van der Waals surface area contributed by atoms with Crippen LogP contribution in [0.25, 0.3) is 11.3 Å². The molecule has 0 bridgehead atoms. The van der Waals surface area contributed by atoms with Gasteiger partial charge in [0.2, 0.25) is 0 Å². The first-order valence-electron chi connectivity index (χ1n) is 9.94. The maximum absolute atomic E-state index is 12.9. The van der Waals surface area contributed by atoms with Crippen LogP contribution in [0.2, 0.25) is 0 Å². The molecule has 2 aliphatic heterocycles. The molecule has 2 aromatic rings. The summed E-state index contributed by atoms with van der Waals surface area (Å²) in [5.41, 5.74) is 2.74. The summed E-state index contributed by atoms with van der Waals surface area (Å²) < 4.78 is 11.4. The summed E-state index contributed by atoms with van der Waals surface area (Å²) in [6, 6.07) is 8.21. The zero-order valence-electron chi connectivity index (χ0n) is 18.1. The van der Waals surface area contributed by atoms with Gasteiger partial charge in [0.05, 0.1) is 24.5 Å². The van der Waals surface area contributed by atoms with Crippen molar-refractivity contribution in [2.24, 2.45) is 5.41 Å². The van der Waals surface area contributed by atoms with Crippen molar-refractivity contribution in [1.29, 1.82) is 0 Å². The Morgan fingerprint density at radius 2 is 1.97 bits per heavy atom. The number of likely N-dealkylation sites (tertiary alicyclic amines) is 1. The van der Waals surface area contributed by atoms with E-state index in [-0.39, 0.29) is 44.5 Å². The molecule has 1 spiro atoms. The third-order valence-electron chi connectivity index (χ3n) is 5.60. The summed E-state index contributed by atoms with van der Waals surface area (Å²) in [6.07, 6.45) is 3.37. The minimum absolute atomic E-state index is 0. The summed E-state index contributed by atoms with van der Waals surface area (Å²) in [4.78, 5) is 22.8. The average Bonchev–Trinajstić information content (AvgIpc) is 3.35. The van der Waals surface area contributed by atoms with Crippen LogP contribution in [-0.2, 0) is 9.47 Å². The number of aromatic amines is 1. The number of aromatic nitrogens is 2. The molecule has 0 aliphatic carbocycles. The van der Waals surface area contributed by atoms with Crippen molar-refractivity contribution in [2.45, 2.75) is 52.2 Å². The molecule has 2 fully saturated rings. The van der Waals surface area contributed by atoms with Gasteiger partial charge in [0, 0.05) is 18.6 Å². The molecule has 0 unspecified atom stereocenters. The van der Waals surface area contributed by atoms with Gasteiger partial charge < -0.3 is 14.5 Å². The number of benzene rings is 1. The van der Waals surface area contributed by atoms with Crippen molar-refractivity contribution >= 4 is 33.1 Å². The fourth-order valence-corrected chi connectivity index (χ4v) is 4.13. The molecule has 1 aromatic heterocycles. The Labute approximate surface area is 192 Å². The average molecular weight is 452 g/mol. The molecule has 1 aromatic carbocycles. The number of hydrogen-bond acceptors (Lipinski definition) is 4. The van der Waals surface area contributed by atoms with Crippen molar-refractivity contribution < 1.29 is 14.3 Å². The minimum atomic E-state index is -0.528. The van der Waals surface area contributed by atoms with E-state index in [1.807, 2.05) is 31.9 Å². The third-order valence-corrected chi connectivity index (χ3v) is 5.60. The standard InChI is InChI=1S/C22H29N3O3.2H2S/c1-15-5-7-16(8-6-15)17-12-23-19(24-17)18-11-22(9-10-27-14-22)13-25(18)20(26)28-21(2,3)4;;/h5-8,12,18H,9-11,13-14H2,1-4H3,(H,23,24);2*1H2/t18-,22+;;/m0../s1. The lowest BCUT2D eigenvalue weighted by atomic mass is 9.85. The highest BCUT2D eigenvalue weighted by Crippen LogP contribution is 2.47. The number of carbonyl (C=O) groups excluding carboxylic acids is 1. The highest BCUT2D eigenvalue weighted by Gasteiger charge is 2.50. The van der Waals surface area contributed by atoms with Gasteiger partial charge in [-0.3, -0.25) is 4.90 Å². The van der Waals surface area contributed by atoms with Gasteiger partial charge in [-0.2, -0.15) is 27.0 Å². The number of H-pyrrole nitrogens is 1. The Kier molecular flexibility index (Phi) is 7.59. The molecule has 1 amide bonds. The Morgan fingerprint density at radius 3 is 2.57 bits per heavy atom. The Balaban J connectivity index is 0.00000160. The number of aryl methyl sites for hydroxylation is 1. The summed E-state index contributed by atoms with van der Waals surface area (Å²) in [5, 5.41) is 0. The molecule has 2 atom stereocenters. The fourth-order valence-electron chi connectivity index (χ4n) is 4.13. The number of hydrogen-bond donors (Lipinski definition) is 1. The smallest absolute Gasteiger partial charge is 0.410 e. The minimum Gasteiger partial charge on any atom is -0.444 e. The van der Waals surface area contributed by atoms with E-state index in [1.165, 1.54) is 5.56 Å². The quantitative estimate of drug-likeness (QED) is 0.719. The van der Waals surface area contributed by atoms with Crippen molar-refractivity contribution in [1.82, 2.24) is 14.9 Å². The summed E-state index contributed by atoms with van der Waals surface area (Å²) in [7, 11) is 0. The van der Waals surface area contributed by atoms with E-state index in [0.29, 0.717) is 13.2 Å². The second-order valence-corrected chi connectivity index (χ2v) is 9.18. The van der Waals surface area contributed by atoms with Crippen LogP contribution < -0.4 is 0 Å². The van der Waals surface area contributed by atoms with Crippen LogP contribution in [0.5, 0.6) is 0 Å². The maximum atomic E-state index is 12.9. The predicted octanol–water partition coefficient (Wildman–Crippen LogP) is 4.70. The van der Waals surface area contributed by atoms with E-state index in [1.54, 1.807) is 0 Å². The summed E-state index contributed by atoms with van der Waals surface area (Å²) in [6.45, 7) is 9.85. The zero-order chi connectivity index (χ0) is 19.9. The first-order valence-corrected chi connectivity index (χ1v) is 9.94. The van der Waals surface area contributed by atoms with Crippen molar-refractivity contribution in [3.8, 4) is 11.3 Å². The van der Waals surface area contributed by atoms with Gasteiger partial charge in [-0.1, -0.05) is 29.8 Å². The summed E-state index contributed by atoms with van der Waals surface area (Å²) >= 11 is 0. The second-order valence-electron chi connectivity index (χ2n) is 9.18. The largest absolute Gasteiger partial charge is 0.444 e. The lowest BCUT2D eigenvalue weighted by Crippen LogP contribution is -2.38. The predicted molar refractivity (Wildman–Crippen MR) is 128 cm³/mol. The number of nitrogens with zero attached hydrogens (tertiary/aromatic N) is 2. The molecule has 1 N–H and O–H groups in total. The second kappa shape index (κ2) is 9.24. The molecular weight excluding hydrogens is 418 g/mol. The molecule has 166 valence electrons. The van der Waals surface area contributed by atoms with Crippen molar-refractivity contribution in [2.75, 3.05) is 19.8 Å². The van der Waals surface area contributed by atoms with Crippen LogP contribution in [-0.4, -0.2) is 46.3 Å². The van der Waals surface area contributed by atoms with Gasteiger partial charge >= 0.3 is 6.09 Å². The lowest BCUT2D eigenvalue weighted by Gasteiger charge is -2.28. The van der Waals surface area contributed by atoms with Crippen LogP contribution in [0.1, 0.15) is 51.0 Å². The van der Waals surface area contributed by atoms with E-state index in [4.69, 9.17) is 9.47 Å². The number of rotatable bonds is 2. The van der Waals surface area contributed by atoms with Gasteiger partial charge in [-0.15, -0.1) is 0 Å². The molecule has 6 nitrogen and oxygen atoms in total. The number of ether oxygens (including phenoxy) is 2. The highest BCUT2D eigenvalue weighted by molar-refractivity contribution is 7.59.